The molecular weight excluding hydrogens is 468 g/mol. The first-order valence-corrected chi connectivity index (χ1v) is 12.2. The molecule has 3 aromatic rings. The highest BCUT2D eigenvalue weighted by Crippen LogP contribution is 2.20. The van der Waals surface area contributed by atoms with E-state index >= 15 is 0 Å². The molecule has 0 saturated carbocycles. The molecular formula is C26H26N2O6S. The number of carbonyl (C=O) groups is 2. The summed E-state index contributed by atoms with van der Waals surface area (Å²) in [6.45, 7) is 1.82. The van der Waals surface area contributed by atoms with Crippen molar-refractivity contribution in [2.24, 2.45) is 0 Å². The van der Waals surface area contributed by atoms with Crippen LogP contribution < -0.4 is 14.8 Å². The van der Waals surface area contributed by atoms with Crippen LogP contribution in [0.4, 0.5) is 5.69 Å². The van der Waals surface area contributed by atoms with Crippen molar-refractivity contribution in [2.75, 3.05) is 11.8 Å². The number of carbonyl (C=O) groups excluding carboxylic acids is 2. The third kappa shape index (κ3) is 7.72. The van der Waals surface area contributed by atoms with E-state index < -0.39 is 28.0 Å². The van der Waals surface area contributed by atoms with E-state index in [4.69, 9.17) is 9.47 Å². The van der Waals surface area contributed by atoms with Crippen molar-refractivity contribution >= 4 is 33.7 Å². The Morgan fingerprint density at radius 2 is 1.60 bits per heavy atom. The third-order valence-electron chi connectivity index (χ3n) is 4.92. The van der Waals surface area contributed by atoms with Crippen molar-refractivity contribution in [3.63, 3.8) is 0 Å². The molecule has 0 aliphatic rings. The maximum absolute atomic E-state index is 12.6. The van der Waals surface area contributed by atoms with Crippen LogP contribution in [0.5, 0.6) is 5.75 Å². The van der Waals surface area contributed by atoms with Crippen molar-refractivity contribution in [3.8, 4) is 5.75 Å². The van der Waals surface area contributed by atoms with Crippen LogP contribution in [0.1, 0.15) is 18.1 Å². The third-order valence-corrected chi connectivity index (χ3v) is 6.31. The maximum atomic E-state index is 12.6. The summed E-state index contributed by atoms with van der Waals surface area (Å²) in [6.07, 6.45) is 1.69. The van der Waals surface area contributed by atoms with Crippen LogP contribution in [-0.4, -0.2) is 33.5 Å². The summed E-state index contributed by atoms with van der Waals surface area (Å²) in [4.78, 5) is 24.3. The second kappa shape index (κ2) is 11.8. The first-order chi connectivity index (χ1) is 16.8. The fourth-order valence-electron chi connectivity index (χ4n) is 2.99. The van der Waals surface area contributed by atoms with Crippen LogP contribution in [0.2, 0.25) is 0 Å². The number of ether oxygens (including phenoxy) is 2. The number of nitrogens with one attached hydrogen (secondary N) is 2. The molecule has 35 heavy (non-hydrogen) atoms. The van der Waals surface area contributed by atoms with Gasteiger partial charge in [-0.2, -0.15) is 0 Å². The Morgan fingerprint density at radius 1 is 0.943 bits per heavy atom. The Labute approximate surface area is 204 Å². The molecule has 1 atom stereocenters. The van der Waals surface area contributed by atoms with E-state index in [0.717, 1.165) is 5.56 Å². The zero-order chi connectivity index (χ0) is 25.3. The second-order valence-corrected chi connectivity index (χ2v) is 9.20. The van der Waals surface area contributed by atoms with Gasteiger partial charge in [0, 0.05) is 18.3 Å². The Kier molecular flexibility index (Phi) is 8.63. The summed E-state index contributed by atoms with van der Waals surface area (Å²) in [5, 5.41) is 2.71. The molecule has 0 aromatic heterocycles. The fourth-order valence-corrected chi connectivity index (χ4v) is 4.05. The zero-order valence-corrected chi connectivity index (χ0v) is 20.1. The molecule has 8 nitrogen and oxygen atoms in total. The molecule has 0 aliphatic heterocycles. The fraction of sp³-hybridized carbons (Fsp3) is 0.154. The largest absolute Gasteiger partial charge is 0.497 e. The lowest BCUT2D eigenvalue weighted by atomic mass is 10.2. The van der Waals surface area contributed by atoms with Gasteiger partial charge in [-0.1, -0.05) is 42.5 Å². The number of sulfonamides is 1. The highest BCUT2D eigenvalue weighted by molar-refractivity contribution is 7.92. The predicted molar refractivity (Wildman–Crippen MR) is 133 cm³/mol. The first-order valence-electron chi connectivity index (χ1n) is 10.7. The van der Waals surface area contributed by atoms with Crippen LogP contribution in [0.3, 0.4) is 0 Å². The number of rotatable bonds is 10. The summed E-state index contributed by atoms with van der Waals surface area (Å²) in [6, 6.07) is 21.9. The number of amides is 1. The molecule has 0 spiro atoms. The number of anilines is 1. The van der Waals surface area contributed by atoms with Gasteiger partial charge in [0.25, 0.3) is 15.9 Å². The van der Waals surface area contributed by atoms with Crippen LogP contribution >= 0.6 is 0 Å². The predicted octanol–water partition coefficient (Wildman–Crippen LogP) is 3.76. The average molecular weight is 495 g/mol. The maximum Gasteiger partial charge on any atom is 0.331 e. The highest BCUT2D eigenvalue weighted by Gasteiger charge is 2.16. The van der Waals surface area contributed by atoms with Gasteiger partial charge >= 0.3 is 5.97 Å². The van der Waals surface area contributed by atoms with E-state index in [9.17, 15) is 18.0 Å². The van der Waals surface area contributed by atoms with Gasteiger partial charge in [0.05, 0.1) is 12.0 Å². The van der Waals surface area contributed by atoms with Gasteiger partial charge in [-0.15, -0.1) is 0 Å². The van der Waals surface area contributed by atoms with Crippen molar-refractivity contribution in [3.05, 3.63) is 96.1 Å². The van der Waals surface area contributed by atoms with E-state index in [2.05, 4.69) is 10.0 Å². The Hall–Kier alpha value is -4.11. The lowest BCUT2D eigenvalue weighted by Crippen LogP contribution is -2.35. The lowest BCUT2D eigenvalue weighted by Gasteiger charge is -2.12. The summed E-state index contributed by atoms with van der Waals surface area (Å²) in [5.74, 6) is -0.482. The minimum absolute atomic E-state index is 0.0664. The number of hydrogen-bond acceptors (Lipinski definition) is 6. The molecule has 0 aliphatic carbocycles. The van der Waals surface area contributed by atoms with Gasteiger partial charge in [0.15, 0.2) is 6.10 Å². The van der Waals surface area contributed by atoms with Crippen LogP contribution in [0.15, 0.2) is 89.8 Å². The zero-order valence-electron chi connectivity index (χ0n) is 19.3. The molecule has 0 fully saturated rings. The first kappa shape index (κ1) is 25.5. The molecule has 0 heterocycles. The highest BCUT2D eigenvalue weighted by atomic mass is 32.2. The topological polar surface area (TPSA) is 111 Å². The summed E-state index contributed by atoms with van der Waals surface area (Å²) in [5.41, 5.74) is 1.93. The Bertz CT molecular complexity index is 1270. The van der Waals surface area contributed by atoms with Gasteiger partial charge < -0.3 is 14.8 Å². The van der Waals surface area contributed by atoms with E-state index in [1.807, 2.05) is 30.3 Å². The SMILES string of the molecule is COc1ccc(NS(=O)(=O)c2ccc(/C=C/C(=O)O[C@@H](C)C(=O)NCc3ccccc3)cc2)cc1. The van der Waals surface area contributed by atoms with Crippen LogP contribution in [0, 0.1) is 0 Å². The van der Waals surface area contributed by atoms with Crippen molar-refractivity contribution in [2.45, 2.75) is 24.5 Å². The number of benzene rings is 3. The molecule has 0 bridgehead atoms. The molecule has 9 heteroatoms. The molecule has 1 amide bonds. The van der Waals surface area contributed by atoms with Crippen LogP contribution in [-0.2, 0) is 30.9 Å². The summed E-state index contributed by atoms with van der Waals surface area (Å²) >= 11 is 0. The number of hydrogen-bond donors (Lipinski definition) is 2. The molecule has 182 valence electrons. The number of esters is 1. The van der Waals surface area contributed by atoms with Gasteiger partial charge in [-0.3, -0.25) is 9.52 Å². The lowest BCUT2D eigenvalue weighted by molar-refractivity contribution is -0.150. The van der Waals surface area contributed by atoms with E-state index in [1.165, 1.54) is 38.3 Å². The van der Waals surface area contributed by atoms with Crippen molar-refractivity contribution < 1.29 is 27.5 Å². The average Bonchev–Trinajstić information content (AvgIpc) is 2.87. The standard InChI is InChI=1S/C26H26N2O6S/c1-19(26(30)27-18-21-6-4-3-5-7-21)34-25(29)17-10-20-8-15-24(16-9-20)35(31,32)28-22-11-13-23(33-2)14-12-22/h3-17,19,28H,18H2,1-2H3,(H,27,30)/b17-10+/t19-/m0/s1. The van der Waals surface area contributed by atoms with E-state index in [1.54, 1.807) is 36.4 Å². The summed E-state index contributed by atoms with van der Waals surface area (Å²) in [7, 11) is -2.26. The van der Waals surface area contributed by atoms with Gasteiger partial charge in [0.2, 0.25) is 0 Å². The van der Waals surface area contributed by atoms with E-state index in [-0.39, 0.29) is 4.90 Å². The molecule has 0 saturated heterocycles. The minimum Gasteiger partial charge on any atom is -0.497 e. The molecule has 0 radical (unpaired) electrons. The summed E-state index contributed by atoms with van der Waals surface area (Å²) < 4.78 is 37.9. The Morgan fingerprint density at radius 3 is 2.23 bits per heavy atom. The van der Waals surface area contributed by atoms with Crippen LogP contribution in [0.25, 0.3) is 6.08 Å². The molecule has 3 rings (SSSR count). The monoisotopic (exact) mass is 494 g/mol. The van der Waals surface area contributed by atoms with Gasteiger partial charge in [0.1, 0.15) is 5.75 Å². The van der Waals surface area contributed by atoms with Gasteiger partial charge in [-0.25, -0.2) is 13.2 Å². The van der Waals surface area contributed by atoms with E-state index in [0.29, 0.717) is 23.5 Å². The second-order valence-electron chi connectivity index (χ2n) is 7.52. The Balaban J connectivity index is 1.52. The molecule has 2 N–H and O–H groups in total. The van der Waals surface area contributed by atoms with Gasteiger partial charge in [-0.05, 0) is 60.5 Å². The number of methoxy groups -OCH3 is 1. The van der Waals surface area contributed by atoms with Crippen molar-refractivity contribution in [1.82, 2.24) is 5.32 Å². The smallest absolute Gasteiger partial charge is 0.331 e. The molecule has 3 aromatic carbocycles. The molecule has 0 unspecified atom stereocenters. The van der Waals surface area contributed by atoms with Crippen molar-refractivity contribution in [1.29, 1.82) is 0 Å². The quantitative estimate of drug-likeness (QED) is 0.328. The normalized spacial score (nSPS) is 12.1. The minimum atomic E-state index is -3.78.